The number of halogens is 1. The molecular formula is C24H29BrN2O2. The number of carbonyl (C=O) groups excluding carboxylic acids is 1. The molecular weight excluding hydrogens is 428 g/mol. The van der Waals surface area contributed by atoms with Crippen molar-refractivity contribution in [2.75, 3.05) is 13.2 Å². The molecule has 1 amide bonds. The maximum absolute atomic E-state index is 11.6. The van der Waals surface area contributed by atoms with Crippen molar-refractivity contribution in [3.05, 3.63) is 64.3 Å². The molecule has 1 aromatic heterocycles. The van der Waals surface area contributed by atoms with E-state index in [1.807, 2.05) is 26.0 Å². The standard InChI is InChI=1S/C24H29BrN2O2/c1-3-24(28)26-14-13-19-17-27(15-7-9-18-8-5-6-10-22(18)25)23-12-11-20(29-4-2)16-21(19)23/h5-6,8,10-12,16-17H,3-4,7,9,13-15H2,1-2H3,(H,26,28). The van der Waals surface area contributed by atoms with Crippen molar-refractivity contribution in [3.8, 4) is 5.75 Å². The van der Waals surface area contributed by atoms with Gasteiger partial charge in [0, 0.05) is 41.1 Å². The Morgan fingerprint density at radius 2 is 1.93 bits per heavy atom. The van der Waals surface area contributed by atoms with E-state index in [1.165, 1.54) is 26.5 Å². The third-order valence-corrected chi connectivity index (χ3v) is 5.86. The van der Waals surface area contributed by atoms with E-state index in [-0.39, 0.29) is 5.91 Å². The first-order valence-electron chi connectivity index (χ1n) is 10.4. The largest absolute Gasteiger partial charge is 0.494 e. The molecule has 0 atom stereocenters. The predicted molar refractivity (Wildman–Crippen MR) is 123 cm³/mol. The predicted octanol–water partition coefficient (Wildman–Crippen LogP) is 5.50. The molecule has 3 aromatic rings. The van der Waals surface area contributed by atoms with Crippen LogP contribution >= 0.6 is 15.9 Å². The highest BCUT2D eigenvalue weighted by atomic mass is 79.9. The van der Waals surface area contributed by atoms with Crippen molar-refractivity contribution < 1.29 is 9.53 Å². The number of nitrogens with one attached hydrogen (secondary N) is 1. The average molecular weight is 457 g/mol. The first-order chi connectivity index (χ1) is 14.1. The van der Waals surface area contributed by atoms with Crippen molar-refractivity contribution >= 4 is 32.7 Å². The van der Waals surface area contributed by atoms with Gasteiger partial charge in [-0.25, -0.2) is 0 Å². The lowest BCUT2D eigenvalue weighted by Gasteiger charge is -2.08. The highest BCUT2D eigenvalue weighted by Gasteiger charge is 2.11. The first kappa shape index (κ1) is 21.4. The van der Waals surface area contributed by atoms with Crippen molar-refractivity contribution in [1.82, 2.24) is 9.88 Å². The highest BCUT2D eigenvalue weighted by molar-refractivity contribution is 9.10. The zero-order chi connectivity index (χ0) is 20.6. The molecule has 29 heavy (non-hydrogen) atoms. The summed E-state index contributed by atoms with van der Waals surface area (Å²) < 4.78 is 9.21. The van der Waals surface area contributed by atoms with E-state index >= 15 is 0 Å². The van der Waals surface area contributed by atoms with Crippen LogP contribution < -0.4 is 10.1 Å². The number of ether oxygens (including phenoxy) is 1. The van der Waals surface area contributed by atoms with E-state index in [4.69, 9.17) is 4.74 Å². The summed E-state index contributed by atoms with van der Waals surface area (Å²) in [7, 11) is 0. The average Bonchev–Trinajstić information content (AvgIpc) is 3.06. The molecule has 0 aliphatic carbocycles. The molecule has 3 rings (SSSR count). The van der Waals surface area contributed by atoms with E-state index < -0.39 is 0 Å². The van der Waals surface area contributed by atoms with Gasteiger partial charge in [-0.05, 0) is 61.6 Å². The normalized spacial score (nSPS) is 11.0. The van der Waals surface area contributed by atoms with Gasteiger partial charge in [-0.3, -0.25) is 4.79 Å². The number of nitrogens with zero attached hydrogens (tertiary/aromatic N) is 1. The van der Waals surface area contributed by atoms with E-state index in [1.54, 1.807) is 0 Å². The molecule has 1 heterocycles. The molecule has 0 aliphatic heterocycles. The van der Waals surface area contributed by atoms with Gasteiger partial charge in [0.1, 0.15) is 5.75 Å². The molecule has 0 saturated heterocycles. The number of carbonyl (C=O) groups is 1. The van der Waals surface area contributed by atoms with E-state index in [9.17, 15) is 4.79 Å². The van der Waals surface area contributed by atoms with Gasteiger partial charge >= 0.3 is 0 Å². The molecule has 0 saturated carbocycles. The number of hydrogen-bond donors (Lipinski definition) is 1. The number of fused-ring (bicyclic) bond motifs is 1. The van der Waals surface area contributed by atoms with Crippen LogP contribution in [0.3, 0.4) is 0 Å². The summed E-state index contributed by atoms with van der Waals surface area (Å²) in [6, 6.07) is 14.7. The second-order valence-corrected chi connectivity index (χ2v) is 7.96. The Morgan fingerprint density at radius 3 is 2.69 bits per heavy atom. The summed E-state index contributed by atoms with van der Waals surface area (Å²) in [6.07, 6.45) is 5.66. The Kier molecular flexibility index (Phi) is 7.76. The molecule has 5 heteroatoms. The van der Waals surface area contributed by atoms with Gasteiger partial charge in [0.15, 0.2) is 0 Å². The Balaban J connectivity index is 1.76. The lowest BCUT2D eigenvalue weighted by Crippen LogP contribution is -2.24. The first-order valence-corrected chi connectivity index (χ1v) is 11.2. The summed E-state index contributed by atoms with van der Waals surface area (Å²) in [5.41, 5.74) is 3.81. The minimum atomic E-state index is 0.0946. The zero-order valence-electron chi connectivity index (χ0n) is 17.2. The minimum absolute atomic E-state index is 0.0946. The molecule has 1 N–H and O–H groups in total. The van der Waals surface area contributed by atoms with Gasteiger partial charge in [-0.1, -0.05) is 41.1 Å². The third-order valence-electron chi connectivity index (χ3n) is 5.09. The molecule has 154 valence electrons. The van der Waals surface area contributed by atoms with Crippen LogP contribution in [0.5, 0.6) is 5.75 Å². The van der Waals surface area contributed by atoms with Gasteiger partial charge in [0.2, 0.25) is 5.91 Å². The fraction of sp³-hybridized carbons (Fsp3) is 0.375. The number of rotatable bonds is 10. The van der Waals surface area contributed by atoms with Crippen LogP contribution in [0.4, 0.5) is 0 Å². The number of aromatic nitrogens is 1. The summed E-state index contributed by atoms with van der Waals surface area (Å²) in [5, 5.41) is 4.19. The molecule has 0 bridgehead atoms. The monoisotopic (exact) mass is 456 g/mol. The maximum Gasteiger partial charge on any atom is 0.219 e. The fourth-order valence-corrected chi connectivity index (χ4v) is 4.08. The topological polar surface area (TPSA) is 43.3 Å². The van der Waals surface area contributed by atoms with Gasteiger partial charge in [-0.15, -0.1) is 0 Å². The molecule has 0 unspecified atom stereocenters. The summed E-state index contributed by atoms with van der Waals surface area (Å²) in [4.78, 5) is 11.6. The molecule has 0 spiro atoms. The van der Waals surface area contributed by atoms with E-state index in [0.29, 0.717) is 19.6 Å². The SMILES string of the molecule is CCOc1ccc2c(c1)c(CCNC(=O)CC)cn2CCCc1ccccc1Br. The van der Waals surface area contributed by atoms with Crippen LogP contribution in [-0.4, -0.2) is 23.6 Å². The van der Waals surface area contributed by atoms with Crippen molar-refractivity contribution in [1.29, 1.82) is 0 Å². The molecule has 0 fully saturated rings. The number of amides is 1. The molecule has 2 aromatic carbocycles. The fourth-order valence-electron chi connectivity index (χ4n) is 3.59. The van der Waals surface area contributed by atoms with Crippen LogP contribution in [0.1, 0.15) is 37.8 Å². The molecule has 0 radical (unpaired) electrons. The number of benzene rings is 2. The Hall–Kier alpha value is -2.27. The van der Waals surface area contributed by atoms with Crippen LogP contribution in [-0.2, 0) is 24.2 Å². The van der Waals surface area contributed by atoms with E-state index in [0.717, 1.165) is 31.6 Å². The van der Waals surface area contributed by atoms with Crippen molar-refractivity contribution in [3.63, 3.8) is 0 Å². The van der Waals surface area contributed by atoms with Crippen molar-refractivity contribution in [2.45, 2.75) is 46.1 Å². The van der Waals surface area contributed by atoms with Crippen LogP contribution in [0.2, 0.25) is 0 Å². The lowest BCUT2D eigenvalue weighted by atomic mass is 10.1. The summed E-state index contributed by atoms with van der Waals surface area (Å²) >= 11 is 3.64. The second kappa shape index (κ2) is 10.5. The van der Waals surface area contributed by atoms with Gasteiger partial charge in [0.25, 0.3) is 0 Å². The number of aryl methyl sites for hydroxylation is 2. The van der Waals surface area contributed by atoms with Gasteiger partial charge in [0.05, 0.1) is 6.61 Å². The molecule has 0 aliphatic rings. The summed E-state index contributed by atoms with van der Waals surface area (Å²) in [6.45, 7) is 6.13. The number of hydrogen-bond acceptors (Lipinski definition) is 2. The summed E-state index contributed by atoms with van der Waals surface area (Å²) in [5.74, 6) is 0.988. The quantitative estimate of drug-likeness (QED) is 0.437. The van der Waals surface area contributed by atoms with Crippen LogP contribution in [0.25, 0.3) is 10.9 Å². The van der Waals surface area contributed by atoms with Crippen molar-refractivity contribution in [2.24, 2.45) is 0 Å². The van der Waals surface area contributed by atoms with Crippen LogP contribution in [0.15, 0.2) is 53.1 Å². The second-order valence-electron chi connectivity index (χ2n) is 7.11. The highest BCUT2D eigenvalue weighted by Crippen LogP contribution is 2.27. The Bertz CT molecular complexity index is 965. The zero-order valence-corrected chi connectivity index (χ0v) is 18.8. The van der Waals surface area contributed by atoms with Crippen LogP contribution in [0, 0.1) is 0 Å². The smallest absolute Gasteiger partial charge is 0.219 e. The van der Waals surface area contributed by atoms with Gasteiger partial charge < -0.3 is 14.6 Å². The third kappa shape index (κ3) is 5.63. The van der Waals surface area contributed by atoms with E-state index in [2.05, 4.69) is 62.3 Å². The Morgan fingerprint density at radius 1 is 1.10 bits per heavy atom. The van der Waals surface area contributed by atoms with Gasteiger partial charge in [-0.2, -0.15) is 0 Å². The lowest BCUT2D eigenvalue weighted by molar-refractivity contribution is -0.120. The Labute approximate surface area is 181 Å². The molecule has 4 nitrogen and oxygen atoms in total. The minimum Gasteiger partial charge on any atom is -0.494 e. The maximum atomic E-state index is 11.6.